The van der Waals surface area contributed by atoms with E-state index >= 15 is 0 Å². The Morgan fingerprint density at radius 1 is 1.33 bits per heavy atom. The lowest BCUT2D eigenvalue weighted by Gasteiger charge is -2.13. The highest BCUT2D eigenvalue weighted by molar-refractivity contribution is 5.71. The van der Waals surface area contributed by atoms with E-state index in [2.05, 4.69) is 21.1 Å². The first-order chi connectivity index (χ1) is 10.1. The van der Waals surface area contributed by atoms with Crippen molar-refractivity contribution in [1.82, 2.24) is 10.1 Å². The predicted octanol–water partition coefficient (Wildman–Crippen LogP) is 3.86. The number of hydrogen-bond acceptors (Lipinski definition) is 4. The highest BCUT2D eigenvalue weighted by atomic mass is 16.5. The van der Waals surface area contributed by atoms with Gasteiger partial charge in [0, 0.05) is 31.8 Å². The van der Waals surface area contributed by atoms with Crippen molar-refractivity contribution in [3.05, 3.63) is 47.7 Å². The summed E-state index contributed by atoms with van der Waals surface area (Å²) in [4.78, 5) is 9.84. The lowest BCUT2D eigenvalue weighted by Crippen LogP contribution is -2.08. The van der Waals surface area contributed by atoms with Gasteiger partial charge in [0.15, 0.2) is 5.69 Å². The Morgan fingerprint density at radius 2 is 2.14 bits per heavy atom. The van der Waals surface area contributed by atoms with Crippen LogP contribution in [0.2, 0.25) is 0 Å². The van der Waals surface area contributed by atoms with Gasteiger partial charge >= 0.3 is 0 Å². The minimum atomic E-state index is 0.527. The van der Waals surface area contributed by atoms with Gasteiger partial charge in [-0.3, -0.25) is 0 Å². The fourth-order valence-electron chi connectivity index (χ4n) is 1.89. The smallest absolute Gasteiger partial charge is 0.227 e. The van der Waals surface area contributed by atoms with Crippen LogP contribution in [0.3, 0.4) is 0 Å². The number of anilines is 1. The highest BCUT2D eigenvalue weighted by Gasteiger charge is 2.11. The van der Waals surface area contributed by atoms with Crippen molar-refractivity contribution >= 4 is 11.4 Å². The molecule has 0 aliphatic rings. The Kier molecular flexibility index (Phi) is 4.72. The Morgan fingerprint density at radius 3 is 2.81 bits per heavy atom. The highest BCUT2D eigenvalue weighted by Crippen LogP contribution is 2.28. The standard InChI is InChI=1S/C16H18N4O/c1-5-6-7-8-15-18-16(19-21-15)12-9-13(17-2)11-14(10-12)20(3)4/h5-6,9-11H,7-8H2,1,3-4H3/b6-5-. The van der Waals surface area contributed by atoms with Crippen LogP contribution >= 0.6 is 0 Å². The zero-order chi connectivity index (χ0) is 15.2. The molecule has 1 heterocycles. The largest absolute Gasteiger partial charge is 0.379 e. The second-order valence-electron chi connectivity index (χ2n) is 4.86. The third-order valence-electron chi connectivity index (χ3n) is 3.03. The normalized spacial score (nSPS) is 10.8. The Balaban J connectivity index is 2.29. The average Bonchev–Trinajstić information content (AvgIpc) is 2.96. The molecule has 0 aliphatic heterocycles. The minimum absolute atomic E-state index is 0.527. The van der Waals surface area contributed by atoms with Crippen LogP contribution in [0, 0.1) is 6.57 Å². The van der Waals surface area contributed by atoms with Crippen LogP contribution in [0.25, 0.3) is 16.2 Å². The fraction of sp³-hybridized carbons (Fsp3) is 0.312. The van der Waals surface area contributed by atoms with Gasteiger partial charge in [-0.05, 0) is 31.5 Å². The van der Waals surface area contributed by atoms with Crippen LogP contribution in [0.15, 0.2) is 34.9 Å². The number of nitrogens with zero attached hydrogens (tertiary/aromatic N) is 4. The summed E-state index contributed by atoms with van der Waals surface area (Å²) in [5, 5.41) is 4.01. The first-order valence-corrected chi connectivity index (χ1v) is 6.78. The third-order valence-corrected chi connectivity index (χ3v) is 3.03. The topological polar surface area (TPSA) is 46.5 Å². The van der Waals surface area contributed by atoms with E-state index in [4.69, 9.17) is 11.1 Å². The van der Waals surface area contributed by atoms with E-state index in [9.17, 15) is 0 Å². The molecule has 21 heavy (non-hydrogen) atoms. The van der Waals surface area contributed by atoms with Crippen LogP contribution in [-0.4, -0.2) is 24.2 Å². The summed E-state index contributed by atoms with van der Waals surface area (Å²) < 4.78 is 5.25. The molecule has 5 heteroatoms. The summed E-state index contributed by atoms with van der Waals surface area (Å²) in [5.41, 5.74) is 2.31. The first-order valence-electron chi connectivity index (χ1n) is 6.78. The predicted molar refractivity (Wildman–Crippen MR) is 83.5 cm³/mol. The van der Waals surface area contributed by atoms with Crippen molar-refractivity contribution in [2.45, 2.75) is 19.8 Å². The zero-order valence-corrected chi connectivity index (χ0v) is 12.5. The second-order valence-corrected chi connectivity index (χ2v) is 4.86. The number of allylic oxidation sites excluding steroid dienone is 2. The molecular weight excluding hydrogens is 264 g/mol. The van der Waals surface area contributed by atoms with Gasteiger partial charge in [0.1, 0.15) is 0 Å². The maximum atomic E-state index is 7.19. The molecule has 0 saturated heterocycles. The Labute approximate surface area is 124 Å². The summed E-state index contributed by atoms with van der Waals surface area (Å²) in [6, 6.07) is 5.57. The SMILES string of the molecule is [C-]#[N+]c1cc(-c2noc(CC/C=C\C)n2)cc(N(C)C)c1. The summed E-state index contributed by atoms with van der Waals surface area (Å²) in [6.45, 7) is 9.18. The van der Waals surface area contributed by atoms with Gasteiger partial charge in [-0.15, -0.1) is 0 Å². The molecule has 5 nitrogen and oxygen atoms in total. The molecule has 0 N–H and O–H groups in total. The van der Waals surface area contributed by atoms with Crippen LogP contribution in [0.5, 0.6) is 0 Å². The molecule has 0 spiro atoms. The van der Waals surface area contributed by atoms with E-state index in [1.54, 1.807) is 6.07 Å². The van der Waals surface area contributed by atoms with Gasteiger partial charge in [0.2, 0.25) is 11.7 Å². The van der Waals surface area contributed by atoms with Crippen LogP contribution in [0.4, 0.5) is 11.4 Å². The van der Waals surface area contributed by atoms with Gasteiger partial charge in [0.05, 0.1) is 6.57 Å². The Hall–Kier alpha value is -2.61. The van der Waals surface area contributed by atoms with E-state index in [0.29, 0.717) is 17.4 Å². The lowest BCUT2D eigenvalue weighted by molar-refractivity contribution is 0.379. The molecule has 1 aromatic carbocycles. The number of aryl methyl sites for hydroxylation is 1. The molecular formula is C16H18N4O. The van der Waals surface area contributed by atoms with Gasteiger partial charge in [-0.2, -0.15) is 4.98 Å². The molecule has 0 saturated carbocycles. The van der Waals surface area contributed by atoms with Gasteiger partial charge < -0.3 is 9.42 Å². The van der Waals surface area contributed by atoms with Gasteiger partial charge in [0.25, 0.3) is 0 Å². The van der Waals surface area contributed by atoms with Crippen LogP contribution in [0.1, 0.15) is 19.2 Å². The van der Waals surface area contributed by atoms with Crippen molar-refractivity contribution in [3.63, 3.8) is 0 Å². The van der Waals surface area contributed by atoms with Crippen molar-refractivity contribution in [1.29, 1.82) is 0 Å². The molecule has 2 rings (SSSR count). The van der Waals surface area contributed by atoms with Crippen LogP contribution in [-0.2, 0) is 6.42 Å². The molecule has 0 fully saturated rings. The molecule has 108 valence electrons. The number of hydrogen-bond donors (Lipinski definition) is 0. The van der Waals surface area contributed by atoms with Crippen LogP contribution < -0.4 is 4.90 Å². The first kappa shape index (κ1) is 14.8. The molecule has 0 unspecified atom stereocenters. The minimum Gasteiger partial charge on any atom is -0.379 e. The number of benzene rings is 1. The molecule has 0 aliphatic carbocycles. The van der Waals surface area contributed by atoms with E-state index in [1.165, 1.54) is 0 Å². The van der Waals surface area contributed by atoms with Gasteiger partial charge in [-0.25, -0.2) is 4.85 Å². The van der Waals surface area contributed by atoms with Crippen molar-refractivity contribution in [2.75, 3.05) is 19.0 Å². The van der Waals surface area contributed by atoms with E-state index in [0.717, 1.165) is 24.1 Å². The lowest BCUT2D eigenvalue weighted by atomic mass is 10.1. The summed E-state index contributed by atoms with van der Waals surface area (Å²) >= 11 is 0. The van der Waals surface area contributed by atoms with Crippen molar-refractivity contribution in [3.8, 4) is 11.4 Å². The maximum Gasteiger partial charge on any atom is 0.227 e. The number of rotatable bonds is 5. The molecule has 2 aromatic rings. The summed E-state index contributed by atoms with van der Waals surface area (Å²) in [7, 11) is 3.87. The zero-order valence-electron chi connectivity index (χ0n) is 12.5. The van der Waals surface area contributed by atoms with Gasteiger partial charge in [-0.1, -0.05) is 17.3 Å². The summed E-state index contributed by atoms with van der Waals surface area (Å²) in [6.07, 6.45) is 5.66. The average molecular weight is 282 g/mol. The maximum absolute atomic E-state index is 7.19. The molecule has 0 amide bonds. The molecule has 1 aromatic heterocycles. The van der Waals surface area contributed by atoms with Crippen molar-refractivity contribution < 1.29 is 4.52 Å². The molecule has 0 radical (unpaired) electrons. The van der Waals surface area contributed by atoms with E-state index < -0.39 is 0 Å². The number of aromatic nitrogens is 2. The molecule has 0 bridgehead atoms. The molecule has 0 atom stereocenters. The third kappa shape index (κ3) is 3.69. The van der Waals surface area contributed by atoms with E-state index in [-0.39, 0.29) is 0 Å². The monoisotopic (exact) mass is 282 g/mol. The van der Waals surface area contributed by atoms with Crippen molar-refractivity contribution in [2.24, 2.45) is 0 Å². The Bertz CT molecular complexity index is 680. The summed E-state index contributed by atoms with van der Waals surface area (Å²) in [5.74, 6) is 1.14. The van der Waals surface area contributed by atoms with E-state index in [1.807, 2.05) is 44.1 Å². The second kappa shape index (κ2) is 6.71. The quantitative estimate of drug-likeness (QED) is 0.617. The fourth-order valence-corrected chi connectivity index (χ4v) is 1.89.